The number of carboxylic acids is 1. The minimum Gasteiger partial charge on any atom is -0.481 e. The van der Waals surface area contributed by atoms with E-state index in [0.717, 1.165) is 6.42 Å². The highest BCUT2D eigenvalue weighted by atomic mass is 16.5. The lowest BCUT2D eigenvalue weighted by Gasteiger charge is -2.10. The Bertz CT molecular complexity index is 257. The van der Waals surface area contributed by atoms with Crippen LogP contribution in [0.2, 0.25) is 0 Å². The first-order valence-corrected chi connectivity index (χ1v) is 4.69. The van der Waals surface area contributed by atoms with Gasteiger partial charge < -0.3 is 9.84 Å². The van der Waals surface area contributed by atoms with Crippen molar-refractivity contribution in [2.24, 2.45) is 17.3 Å². The Kier molecular flexibility index (Phi) is 2.83. The molecule has 0 aliphatic heterocycles. The second kappa shape index (κ2) is 3.59. The quantitative estimate of drug-likeness (QED) is 0.548. The van der Waals surface area contributed by atoms with Crippen LogP contribution in [0.15, 0.2) is 0 Å². The number of carbonyl (C=O) groups is 2. The number of methoxy groups -OCH3 is 1. The van der Waals surface area contributed by atoms with Gasteiger partial charge in [0.1, 0.15) is 0 Å². The molecule has 1 fully saturated rings. The zero-order valence-corrected chi connectivity index (χ0v) is 8.74. The van der Waals surface area contributed by atoms with E-state index in [4.69, 9.17) is 5.11 Å². The zero-order valence-electron chi connectivity index (χ0n) is 8.74. The standard InChI is InChI=1S/C10H16O4/c1-10(2)5-6(10)4-7(8(11)12)9(13)14-3/h6-7H,4-5H2,1-3H3,(H,11,12). The summed E-state index contributed by atoms with van der Waals surface area (Å²) < 4.78 is 4.45. The zero-order chi connectivity index (χ0) is 10.9. The lowest BCUT2D eigenvalue weighted by atomic mass is 9.98. The smallest absolute Gasteiger partial charge is 0.320 e. The van der Waals surface area contributed by atoms with E-state index in [-0.39, 0.29) is 5.41 Å². The molecule has 80 valence electrons. The summed E-state index contributed by atoms with van der Waals surface area (Å²) in [5.74, 6) is -2.38. The SMILES string of the molecule is COC(=O)C(CC1CC1(C)C)C(=O)O. The third-order valence-corrected chi connectivity index (χ3v) is 3.02. The molecule has 4 nitrogen and oxygen atoms in total. The average Bonchev–Trinajstić information content (AvgIpc) is 2.68. The van der Waals surface area contributed by atoms with Gasteiger partial charge in [0.15, 0.2) is 5.92 Å². The van der Waals surface area contributed by atoms with Crippen LogP contribution in [0.1, 0.15) is 26.7 Å². The number of ether oxygens (including phenoxy) is 1. The molecule has 1 N–H and O–H groups in total. The fraction of sp³-hybridized carbons (Fsp3) is 0.800. The molecule has 1 rings (SSSR count). The molecule has 1 aliphatic carbocycles. The Morgan fingerprint density at radius 2 is 2.07 bits per heavy atom. The van der Waals surface area contributed by atoms with Gasteiger partial charge in [-0.15, -0.1) is 0 Å². The van der Waals surface area contributed by atoms with Gasteiger partial charge in [0.25, 0.3) is 0 Å². The van der Waals surface area contributed by atoms with Crippen molar-refractivity contribution in [3.05, 3.63) is 0 Å². The minimum atomic E-state index is -1.08. The number of esters is 1. The molecular formula is C10H16O4. The van der Waals surface area contributed by atoms with E-state index in [0.29, 0.717) is 12.3 Å². The van der Waals surface area contributed by atoms with E-state index in [1.165, 1.54) is 7.11 Å². The molecule has 0 aromatic heterocycles. The molecule has 2 atom stereocenters. The summed E-state index contributed by atoms with van der Waals surface area (Å²) in [5, 5.41) is 8.82. The topological polar surface area (TPSA) is 63.6 Å². The number of hydrogen-bond donors (Lipinski definition) is 1. The van der Waals surface area contributed by atoms with Gasteiger partial charge in [-0.2, -0.15) is 0 Å². The molecule has 4 heteroatoms. The summed E-state index contributed by atoms with van der Waals surface area (Å²) in [5.41, 5.74) is 0.196. The first-order chi connectivity index (χ1) is 6.38. The highest BCUT2D eigenvalue weighted by Crippen LogP contribution is 2.54. The first kappa shape index (κ1) is 11.0. The van der Waals surface area contributed by atoms with Crippen LogP contribution in [0.3, 0.4) is 0 Å². The summed E-state index contributed by atoms with van der Waals surface area (Å²) in [6.07, 6.45) is 1.39. The number of hydrogen-bond acceptors (Lipinski definition) is 3. The molecule has 1 saturated carbocycles. The molecule has 0 aromatic carbocycles. The van der Waals surface area contributed by atoms with Crippen molar-refractivity contribution in [1.29, 1.82) is 0 Å². The second-order valence-corrected chi connectivity index (χ2v) is 4.54. The average molecular weight is 200 g/mol. The molecule has 2 unspecified atom stereocenters. The van der Waals surface area contributed by atoms with Crippen LogP contribution in [0.5, 0.6) is 0 Å². The van der Waals surface area contributed by atoms with Crippen LogP contribution >= 0.6 is 0 Å². The van der Waals surface area contributed by atoms with Crippen molar-refractivity contribution < 1.29 is 19.4 Å². The summed E-state index contributed by atoms with van der Waals surface area (Å²) >= 11 is 0. The molecule has 0 saturated heterocycles. The lowest BCUT2D eigenvalue weighted by molar-refractivity contribution is -0.157. The van der Waals surface area contributed by atoms with E-state index >= 15 is 0 Å². The van der Waals surface area contributed by atoms with Crippen molar-refractivity contribution in [1.82, 2.24) is 0 Å². The molecule has 0 bridgehead atoms. The Labute approximate surface area is 83.2 Å². The van der Waals surface area contributed by atoms with E-state index in [1.54, 1.807) is 0 Å². The van der Waals surface area contributed by atoms with Crippen molar-refractivity contribution in [3.8, 4) is 0 Å². The maximum Gasteiger partial charge on any atom is 0.320 e. The van der Waals surface area contributed by atoms with Gasteiger partial charge in [0.2, 0.25) is 0 Å². The van der Waals surface area contributed by atoms with Crippen molar-refractivity contribution in [2.45, 2.75) is 26.7 Å². The summed E-state index contributed by atoms with van der Waals surface area (Å²) in [6, 6.07) is 0. The number of aliphatic carboxylic acids is 1. The van der Waals surface area contributed by atoms with Crippen molar-refractivity contribution >= 4 is 11.9 Å². The summed E-state index contributed by atoms with van der Waals surface area (Å²) in [6.45, 7) is 4.15. The molecule has 1 aliphatic rings. The third kappa shape index (κ3) is 2.25. The van der Waals surface area contributed by atoms with E-state index in [9.17, 15) is 9.59 Å². The summed E-state index contributed by atoms with van der Waals surface area (Å²) in [7, 11) is 1.22. The van der Waals surface area contributed by atoms with Crippen molar-refractivity contribution in [3.63, 3.8) is 0 Å². The van der Waals surface area contributed by atoms with Crippen LogP contribution in [0.25, 0.3) is 0 Å². The lowest BCUT2D eigenvalue weighted by Crippen LogP contribution is -2.26. The maximum atomic E-state index is 11.1. The molecule has 0 aromatic rings. The van der Waals surface area contributed by atoms with Gasteiger partial charge in [0.05, 0.1) is 7.11 Å². The molecule has 14 heavy (non-hydrogen) atoms. The van der Waals surface area contributed by atoms with Gasteiger partial charge in [-0.1, -0.05) is 13.8 Å². The Morgan fingerprint density at radius 3 is 2.36 bits per heavy atom. The highest BCUT2D eigenvalue weighted by Gasteiger charge is 2.48. The Balaban J connectivity index is 2.54. The second-order valence-electron chi connectivity index (χ2n) is 4.54. The van der Waals surface area contributed by atoms with Crippen LogP contribution < -0.4 is 0 Å². The van der Waals surface area contributed by atoms with Gasteiger partial charge in [-0.25, -0.2) is 0 Å². The van der Waals surface area contributed by atoms with E-state index < -0.39 is 17.9 Å². The van der Waals surface area contributed by atoms with E-state index in [1.807, 2.05) is 0 Å². The predicted octanol–water partition coefficient (Wildman–Crippen LogP) is 1.30. The summed E-state index contributed by atoms with van der Waals surface area (Å²) in [4.78, 5) is 21.9. The maximum absolute atomic E-state index is 11.1. The van der Waals surface area contributed by atoms with Crippen LogP contribution in [0, 0.1) is 17.3 Å². The normalized spacial score (nSPS) is 25.2. The Hall–Kier alpha value is -1.06. The van der Waals surface area contributed by atoms with Crippen LogP contribution in [-0.4, -0.2) is 24.2 Å². The van der Waals surface area contributed by atoms with E-state index in [2.05, 4.69) is 18.6 Å². The Morgan fingerprint density at radius 1 is 1.57 bits per heavy atom. The fourth-order valence-electron chi connectivity index (χ4n) is 1.70. The third-order valence-electron chi connectivity index (χ3n) is 3.02. The molecule has 0 amide bonds. The number of carbonyl (C=O) groups excluding carboxylic acids is 1. The van der Waals surface area contributed by atoms with Gasteiger partial charge in [-0.3, -0.25) is 9.59 Å². The predicted molar refractivity (Wildman–Crippen MR) is 49.6 cm³/mol. The van der Waals surface area contributed by atoms with Gasteiger partial charge >= 0.3 is 11.9 Å². The highest BCUT2D eigenvalue weighted by molar-refractivity contribution is 5.93. The largest absolute Gasteiger partial charge is 0.481 e. The molecule has 0 heterocycles. The minimum absolute atomic E-state index is 0.196. The monoisotopic (exact) mass is 200 g/mol. The molecule has 0 spiro atoms. The van der Waals surface area contributed by atoms with Gasteiger partial charge in [-0.05, 0) is 24.2 Å². The van der Waals surface area contributed by atoms with Crippen LogP contribution in [-0.2, 0) is 14.3 Å². The molecular weight excluding hydrogens is 184 g/mol. The molecule has 0 radical (unpaired) electrons. The number of rotatable bonds is 4. The first-order valence-electron chi connectivity index (χ1n) is 4.69. The fourth-order valence-corrected chi connectivity index (χ4v) is 1.70. The van der Waals surface area contributed by atoms with Gasteiger partial charge in [0, 0.05) is 0 Å². The van der Waals surface area contributed by atoms with Crippen molar-refractivity contribution in [2.75, 3.05) is 7.11 Å². The van der Waals surface area contributed by atoms with Crippen LogP contribution in [0.4, 0.5) is 0 Å². The number of carboxylic acid groups (broad SMARTS) is 1.